The number of carbonyl (C=O) groups excluding carboxylic acids is 2. The zero-order valence-electron chi connectivity index (χ0n) is 24.2. The normalized spacial score (nSPS) is 17.0. The molecule has 0 spiro atoms. The SMILES string of the molecule is C=CC(=O)NC1C(C)(C)CN(S(=O)(=O)c2ccc(C(=O)NCCc3ccc(-c4ccccc4)cc3)cc2)CC1(C)C. The molecule has 4 rings (SSSR count). The third-order valence-electron chi connectivity index (χ3n) is 7.72. The van der Waals surface area contributed by atoms with E-state index < -0.39 is 20.9 Å². The Morgan fingerprint density at radius 1 is 0.878 bits per heavy atom. The van der Waals surface area contributed by atoms with Gasteiger partial charge in [0.2, 0.25) is 15.9 Å². The average molecular weight is 574 g/mol. The highest BCUT2D eigenvalue weighted by Crippen LogP contribution is 2.42. The van der Waals surface area contributed by atoms with Crippen molar-refractivity contribution in [1.82, 2.24) is 14.9 Å². The van der Waals surface area contributed by atoms with Crippen molar-refractivity contribution in [3.05, 3.63) is 103 Å². The first-order valence-corrected chi connectivity index (χ1v) is 15.2. The Morgan fingerprint density at radius 3 is 2.00 bits per heavy atom. The van der Waals surface area contributed by atoms with Crippen LogP contribution in [0.4, 0.5) is 0 Å². The highest BCUT2D eigenvalue weighted by molar-refractivity contribution is 7.89. The topological polar surface area (TPSA) is 95.6 Å². The number of piperidine rings is 1. The minimum atomic E-state index is -3.81. The Labute approximate surface area is 243 Å². The van der Waals surface area contributed by atoms with Crippen LogP contribution < -0.4 is 10.6 Å². The molecule has 2 N–H and O–H groups in total. The number of nitrogens with one attached hydrogen (secondary N) is 2. The molecule has 1 aliphatic heterocycles. The first kappa shape index (κ1) is 30.2. The zero-order valence-corrected chi connectivity index (χ0v) is 25.0. The van der Waals surface area contributed by atoms with Gasteiger partial charge in [0.25, 0.3) is 5.91 Å². The van der Waals surface area contributed by atoms with Crippen LogP contribution in [0, 0.1) is 10.8 Å². The van der Waals surface area contributed by atoms with Crippen molar-refractivity contribution < 1.29 is 18.0 Å². The minimum Gasteiger partial charge on any atom is -0.352 e. The van der Waals surface area contributed by atoms with Crippen LogP contribution in [0.1, 0.15) is 43.6 Å². The predicted octanol–water partition coefficient (Wildman–Crippen LogP) is 5.05. The molecule has 3 aromatic rings. The number of rotatable bonds is 9. The molecule has 216 valence electrons. The summed E-state index contributed by atoms with van der Waals surface area (Å²) in [5, 5.41) is 5.92. The number of amides is 2. The van der Waals surface area contributed by atoms with Gasteiger partial charge < -0.3 is 10.6 Å². The predicted molar refractivity (Wildman–Crippen MR) is 163 cm³/mol. The molecule has 0 radical (unpaired) electrons. The van der Waals surface area contributed by atoms with Gasteiger partial charge in [-0.25, -0.2) is 8.42 Å². The molecule has 1 saturated heterocycles. The zero-order chi connectivity index (χ0) is 29.8. The van der Waals surface area contributed by atoms with Gasteiger partial charge in [0.05, 0.1) is 4.90 Å². The van der Waals surface area contributed by atoms with E-state index in [0.717, 1.165) is 16.7 Å². The van der Waals surface area contributed by atoms with Crippen LogP contribution in [0.2, 0.25) is 0 Å². The monoisotopic (exact) mass is 573 g/mol. The molecule has 1 fully saturated rings. The smallest absolute Gasteiger partial charge is 0.251 e. The Bertz CT molecular complexity index is 1480. The highest BCUT2D eigenvalue weighted by Gasteiger charge is 2.50. The Morgan fingerprint density at radius 2 is 1.44 bits per heavy atom. The molecule has 8 heteroatoms. The maximum absolute atomic E-state index is 13.6. The second kappa shape index (κ2) is 12.0. The fourth-order valence-corrected chi connectivity index (χ4v) is 7.59. The highest BCUT2D eigenvalue weighted by atomic mass is 32.2. The lowest BCUT2D eigenvalue weighted by Crippen LogP contribution is -2.64. The molecule has 41 heavy (non-hydrogen) atoms. The number of nitrogens with zero attached hydrogens (tertiary/aromatic N) is 1. The van der Waals surface area contributed by atoms with Gasteiger partial charge in [0.1, 0.15) is 0 Å². The molecule has 0 unspecified atom stereocenters. The standard InChI is InChI=1S/C33H39N3O4S/c1-6-29(37)35-31-32(2,3)22-36(23-33(31,4)5)41(39,40)28-18-16-27(17-19-28)30(38)34-21-20-24-12-14-26(15-13-24)25-10-8-7-9-11-25/h6-19,31H,1,20-23H2,2-5H3,(H,34,38)(H,35,37). The lowest BCUT2D eigenvalue weighted by Gasteiger charge is -2.52. The van der Waals surface area contributed by atoms with Crippen molar-refractivity contribution in [3.63, 3.8) is 0 Å². The van der Waals surface area contributed by atoms with Gasteiger partial charge in [-0.05, 0) is 64.3 Å². The summed E-state index contributed by atoms with van der Waals surface area (Å²) >= 11 is 0. The third kappa shape index (κ3) is 6.94. The maximum Gasteiger partial charge on any atom is 0.251 e. The molecule has 1 aliphatic rings. The van der Waals surface area contributed by atoms with Crippen LogP contribution in [0.5, 0.6) is 0 Å². The van der Waals surface area contributed by atoms with Crippen LogP contribution in [0.3, 0.4) is 0 Å². The van der Waals surface area contributed by atoms with Crippen LogP contribution >= 0.6 is 0 Å². The minimum absolute atomic E-state index is 0.132. The average Bonchev–Trinajstić information content (AvgIpc) is 2.95. The lowest BCUT2D eigenvalue weighted by molar-refractivity contribution is -0.120. The summed E-state index contributed by atoms with van der Waals surface area (Å²) in [7, 11) is -3.81. The number of benzene rings is 3. The van der Waals surface area contributed by atoms with E-state index in [-0.39, 0.29) is 35.8 Å². The van der Waals surface area contributed by atoms with Crippen LogP contribution in [0.15, 0.2) is 96.4 Å². The fourth-order valence-electron chi connectivity index (χ4n) is 5.81. The summed E-state index contributed by atoms with van der Waals surface area (Å²) in [6.45, 7) is 12.3. The first-order chi connectivity index (χ1) is 19.3. The summed E-state index contributed by atoms with van der Waals surface area (Å²) in [6, 6.07) is 24.3. The molecule has 2 amide bonds. The van der Waals surface area contributed by atoms with Crippen molar-refractivity contribution in [2.45, 2.75) is 45.1 Å². The first-order valence-electron chi connectivity index (χ1n) is 13.8. The largest absolute Gasteiger partial charge is 0.352 e. The van der Waals surface area contributed by atoms with Gasteiger partial charge in [-0.1, -0.05) is 88.9 Å². The summed E-state index contributed by atoms with van der Waals surface area (Å²) in [5.74, 6) is -0.529. The Kier molecular flexibility index (Phi) is 8.85. The van der Waals surface area contributed by atoms with E-state index in [4.69, 9.17) is 0 Å². The van der Waals surface area contributed by atoms with Gasteiger partial charge in [-0.15, -0.1) is 0 Å². The van der Waals surface area contributed by atoms with Crippen molar-refractivity contribution >= 4 is 21.8 Å². The maximum atomic E-state index is 13.6. The second-order valence-corrected chi connectivity index (χ2v) is 13.9. The summed E-state index contributed by atoms with van der Waals surface area (Å²) < 4.78 is 28.7. The molecule has 0 aromatic heterocycles. The van der Waals surface area contributed by atoms with Gasteiger partial charge in [0.15, 0.2) is 0 Å². The molecule has 0 bridgehead atoms. The summed E-state index contributed by atoms with van der Waals surface area (Å²) in [6.07, 6.45) is 1.91. The van der Waals surface area contributed by atoms with Gasteiger partial charge in [0, 0.05) is 31.2 Å². The van der Waals surface area contributed by atoms with Crippen molar-refractivity contribution in [3.8, 4) is 11.1 Å². The molecular formula is C33H39N3O4S. The quantitative estimate of drug-likeness (QED) is 0.350. The lowest BCUT2D eigenvalue weighted by atomic mass is 9.67. The van der Waals surface area contributed by atoms with E-state index in [9.17, 15) is 18.0 Å². The molecule has 0 aliphatic carbocycles. The van der Waals surface area contributed by atoms with E-state index in [1.807, 2.05) is 45.9 Å². The van der Waals surface area contributed by atoms with E-state index in [2.05, 4.69) is 53.6 Å². The number of sulfonamides is 1. The molecule has 1 heterocycles. The summed E-state index contributed by atoms with van der Waals surface area (Å²) in [4.78, 5) is 24.9. The van der Waals surface area contributed by atoms with Crippen molar-refractivity contribution in [1.29, 1.82) is 0 Å². The van der Waals surface area contributed by atoms with Crippen LogP contribution in [0.25, 0.3) is 11.1 Å². The molecule has 0 atom stereocenters. The molecule has 3 aromatic carbocycles. The Hall–Kier alpha value is -3.75. The van der Waals surface area contributed by atoms with Crippen molar-refractivity contribution in [2.24, 2.45) is 10.8 Å². The van der Waals surface area contributed by atoms with Crippen LogP contribution in [-0.2, 0) is 21.2 Å². The van der Waals surface area contributed by atoms with E-state index in [1.54, 1.807) is 12.1 Å². The van der Waals surface area contributed by atoms with Gasteiger partial charge in [-0.3, -0.25) is 9.59 Å². The second-order valence-electron chi connectivity index (χ2n) is 12.0. The molecule has 7 nitrogen and oxygen atoms in total. The Balaban J connectivity index is 1.36. The van der Waals surface area contributed by atoms with E-state index >= 15 is 0 Å². The van der Waals surface area contributed by atoms with Gasteiger partial charge >= 0.3 is 0 Å². The van der Waals surface area contributed by atoms with Gasteiger partial charge in [-0.2, -0.15) is 4.31 Å². The van der Waals surface area contributed by atoms with E-state index in [1.165, 1.54) is 22.5 Å². The number of carbonyl (C=O) groups is 2. The number of hydrogen-bond acceptors (Lipinski definition) is 4. The fraction of sp³-hybridized carbons (Fsp3) is 0.333. The van der Waals surface area contributed by atoms with Crippen LogP contribution in [-0.4, -0.2) is 50.2 Å². The van der Waals surface area contributed by atoms with Crippen molar-refractivity contribution in [2.75, 3.05) is 19.6 Å². The van der Waals surface area contributed by atoms with E-state index in [0.29, 0.717) is 18.5 Å². The third-order valence-corrected chi connectivity index (χ3v) is 9.52. The summed E-state index contributed by atoms with van der Waals surface area (Å²) in [5.41, 5.74) is 2.78. The number of hydrogen-bond donors (Lipinski definition) is 2. The molecule has 0 saturated carbocycles. The molecular weight excluding hydrogens is 534 g/mol.